The maximum absolute atomic E-state index is 5.47. The van der Waals surface area contributed by atoms with E-state index in [0.29, 0.717) is 0 Å². The first-order valence-corrected chi connectivity index (χ1v) is 7.23. The SMILES string of the molecule is COc1cc(Br)ccc1CN1CC2CC1CN2C. The Morgan fingerprint density at radius 1 is 1.33 bits per heavy atom. The van der Waals surface area contributed by atoms with Gasteiger partial charge in [-0.25, -0.2) is 0 Å². The van der Waals surface area contributed by atoms with Crippen molar-refractivity contribution < 1.29 is 4.74 Å². The number of methoxy groups -OCH3 is 1. The van der Waals surface area contributed by atoms with Crippen LogP contribution < -0.4 is 4.74 Å². The number of likely N-dealkylation sites (tertiary alicyclic amines) is 2. The summed E-state index contributed by atoms with van der Waals surface area (Å²) >= 11 is 3.49. The molecule has 0 spiro atoms. The molecule has 0 radical (unpaired) electrons. The fourth-order valence-electron chi connectivity index (χ4n) is 3.21. The van der Waals surface area contributed by atoms with Crippen molar-refractivity contribution in [2.45, 2.75) is 25.0 Å². The van der Waals surface area contributed by atoms with Gasteiger partial charge in [0, 0.05) is 41.8 Å². The van der Waals surface area contributed by atoms with Crippen LogP contribution in [0.1, 0.15) is 12.0 Å². The van der Waals surface area contributed by atoms with Crippen LogP contribution in [-0.2, 0) is 6.54 Å². The minimum absolute atomic E-state index is 0.730. The van der Waals surface area contributed by atoms with Gasteiger partial charge in [-0.05, 0) is 25.6 Å². The number of ether oxygens (including phenoxy) is 1. The second kappa shape index (κ2) is 4.83. The number of halogens is 1. The van der Waals surface area contributed by atoms with Gasteiger partial charge in [0.25, 0.3) is 0 Å². The zero-order valence-electron chi connectivity index (χ0n) is 10.9. The molecule has 1 aromatic carbocycles. The Morgan fingerprint density at radius 2 is 2.17 bits per heavy atom. The lowest BCUT2D eigenvalue weighted by molar-refractivity contribution is 0.142. The molecule has 3 nitrogen and oxygen atoms in total. The Balaban J connectivity index is 1.74. The topological polar surface area (TPSA) is 15.7 Å². The summed E-state index contributed by atoms with van der Waals surface area (Å²) in [5.41, 5.74) is 1.29. The van der Waals surface area contributed by atoms with E-state index in [2.05, 4.69) is 51.0 Å². The average molecular weight is 311 g/mol. The van der Waals surface area contributed by atoms with Crippen molar-refractivity contribution in [3.8, 4) is 5.75 Å². The van der Waals surface area contributed by atoms with Gasteiger partial charge in [-0.2, -0.15) is 0 Å². The standard InChI is InChI=1S/C14H19BrN2O/c1-16-8-13-6-12(16)9-17(13)7-10-3-4-11(15)5-14(10)18-2/h3-5,12-13H,6-9H2,1-2H3. The summed E-state index contributed by atoms with van der Waals surface area (Å²) in [6.07, 6.45) is 1.33. The van der Waals surface area contributed by atoms with Crippen LogP contribution in [0.2, 0.25) is 0 Å². The summed E-state index contributed by atoms with van der Waals surface area (Å²) < 4.78 is 6.55. The molecule has 4 heteroatoms. The van der Waals surface area contributed by atoms with Gasteiger partial charge in [0.2, 0.25) is 0 Å². The van der Waals surface area contributed by atoms with E-state index < -0.39 is 0 Å². The molecule has 2 bridgehead atoms. The molecule has 18 heavy (non-hydrogen) atoms. The summed E-state index contributed by atoms with van der Waals surface area (Å²) in [7, 11) is 3.98. The Bertz CT molecular complexity index is 449. The van der Waals surface area contributed by atoms with Crippen LogP contribution in [0.3, 0.4) is 0 Å². The molecule has 98 valence electrons. The van der Waals surface area contributed by atoms with E-state index in [1.165, 1.54) is 25.1 Å². The van der Waals surface area contributed by atoms with E-state index >= 15 is 0 Å². The summed E-state index contributed by atoms with van der Waals surface area (Å²) in [5.74, 6) is 0.987. The molecule has 0 aromatic heterocycles. The van der Waals surface area contributed by atoms with Gasteiger partial charge in [0.05, 0.1) is 7.11 Å². The summed E-state index contributed by atoms with van der Waals surface area (Å²) in [6.45, 7) is 3.41. The van der Waals surface area contributed by atoms with Crippen molar-refractivity contribution in [3.63, 3.8) is 0 Å². The minimum Gasteiger partial charge on any atom is -0.496 e. The second-order valence-electron chi connectivity index (χ2n) is 5.37. The number of fused-ring (bicyclic) bond motifs is 2. The molecule has 2 unspecified atom stereocenters. The first kappa shape index (κ1) is 12.5. The highest BCUT2D eigenvalue weighted by molar-refractivity contribution is 9.10. The number of rotatable bonds is 3. The molecule has 0 N–H and O–H groups in total. The van der Waals surface area contributed by atoms with Crippen molar-refractivity contribution in [3.05, 3.63) is 28.2 Å². The van der Waals surface area contributed by atoms with Crippen LogP contribution in [0.15, 0.2) is 22.7 Å². The lowest BCUT2D eigenvalue weighted by Gasteiger charge is -2.32. The van der Waals surface area contributed by atoms with E-state index in [0.717, 1.165) is 28.9 Å². The summed E-state index contributed by atoms with van der Waals surface area (Å²) in [5, 5.41) is 0. The first-order chi connectivity index (χ1) is 8.67. The molecule has 0 aliphatic carbocycles. The zero-order chi connectivity index (χ0) is 12.7. The largest absolute Gasteiger partial charge is 0.496 e. The quantitative estimate of drug-likeness (QED) is 0.852. The summed E-state index contributed by atoms with van der Waals surface area (Å²) in [6, 6.07) is 7.80. The highest BCUT2D eigenvalue weighted by atomic mass is 79.9. The molecule has 2 saturated heterocycles. The normalized spacial score (nSPS) is 27.9. The lowest BCUT2D eigenvalue weighted by Crippen LogP contribution is -2.43. The number of benzene rings is 1. The third-order valence-corrected chi connectivity index (χ3v) is 4.74. The number of hydrogen-bond donors (Lipinski definition) is 0. The first-order valence-electron chi connectivity index (χ1n) is 6.44. The Kier molecular flexibility index (Phi) is 3.34. The number of piperazine rings is 1. The van der Waals surface area contributed by atoms with E-state index in [4.69, 9.17) is 4.74 Å². The van der Waals surface area contributed by atoms with Crippen LogP contribution in [0.5, 0.6) is 5.75 Å². The molecule has 2 aliphatic rings. The molecule has 1 aromatic rings. The Labute approximate surface area is 117 Å². The molecule has 2 aliphatic heterocycles. The van der Waals surface area contributed by atoms with Crippen molar-refractivity contribution in [1.29, 1.82) is 0 Å². The number of hydrogen-bond acceptors (Lipinski definition) is 3. The Hall–Kier alpha value is -0.580. The molecule has 2 heterocycles. The van der Waals surface area contributed by atoms with Crippen LogP contribution in [0, 0.1) is 0 Å². The van der Waals surface area contributed by atoms with Crippen molar-refractivity contribution >= 4 is 15.9 Å². The van der Waals surface area contributed by atoms with E-state index in [1.54, 1.807) is 7.11 Å². The predicted octanol–water partition coefficient (Wildman–Crippen LogP) is 2.35. The van der Waals surface area contributed by atoms with Crippen molar-refractivity contribution in [2.24, 2.45) is 0 Å². The average Bonchev–Trinajstić information content (AvgIpc) is 2.90. The van der Waals surface area contributed by atoms with Crippen LogP contribution in [0.25, 0.3) is 0 Å². The smallest absolute Gasteiger partial charge is 0.124 e. The Morgan fingerprint density at radius 3 is 2.78 bits per heavy atom. The van der Waals surface area contributed by atoms with Gasteiger partial charge in [-0.3, -0.25) is 4.90 Å². The van der Waals surface area contributed by atoms with Crippen molar-refractivity contribution in [2.75, 3.05) is 27.2 Å². The van der Waals surface area contributed by atoms with Crippen LogP contribution in [0.4, 0.5) is 0 Å². The molecule has 3 rings (SSSR count). The monoisotopic (exact) mass is 310 g/mol. The molecular formula is C14H19BrN2O. The lowest BCUT2D eigenvalue weighted by atomic mass is 10.1. The second-order valence-corrected chi connectivity index (χ2v) is 6.28. The van der Waals surface area contributed by atoms with Gasteiger partial charge in [0.1, 0.15) is 5.75 Å². The fourth-order valence-corrected chi connectivity index (χ4v) is 3.55. The third kappa shape index (κ3) is 2.17. The minimum atomic E-state index is 0.730. The van der Waals surface area contributed by atoms with Gasteiger partial charge in [0.15, 0.2) is 0 Å². The molecule has 2 atom stereocenters. The highest BCUT2D eigenvalue weighted by Crippen LogP contribution is 2.32. The van der Waals surface area contributed by atoms with Gasteiger partial charge in [-0.15, -0.1) is 0 Å². The van der Waals surface area contributed by atoms with Crippen LogP contribution >= 0.6 is 15.9 Å². The van der Waals surface area contributed by atoms with E-state index in [-0.39, 0.29) is 0 Å². The zero-order valence-corrected chi connectivity index (χ0v) is 12.5. The van der Waals surface area contributed by atoms with Crippen molar-refractivity contribution in [1.82, 2.24) is 9.80 Å². The third-order valence-electron chi connectivity index (χ3n) is 4.25. The van der Waals surface area contributed by atoms with E-state index in [9.17, 15) is 0 Å². The predicted molar refractivity (Wildman–Crippen MR) is 75.9 cm³/mol. The molecule has 0 saturated carbocycles. The van der Waals surface area contributed by atoms with Gasteiger partial charge in [-0.1, -0.05) is 22.0 Å². The van der Waals surface area contributed by atoms with Gasteiger partial charge < -0.3 is 9.64 Å². The maximum atomic E-state index is 5.47. The van der Waals surface area contributed by atoms with E-state index in [1.807, 2.05) is 0 Å². The summed E-state index contributed by atoms with van der Waals surface area (Å²) in [4.78, 5) is 5.08. The fraction of sp³-hybridized carbons (Fsp3) is 0.571. The number of nitrogens with zero attached hydrogens (tertiary/aromatic N) is 2. The van der Waals surface area contributed by atoms with Gasteiger partial charge >= 0.3 is 0 Å². The van der Waals surface area contributed by atoms with Crippen LogP contribution in [-0.4, -0.2) is 49.1 Å². The molecular weight excluding hydrogens is 292 g/mol. The number of likely N-dealkylation sites (N-methyl/N-ethyl adjacent to an activating group) is 1. The highest BCUT2D eigenvalue weighted by Gasteiger charge is 2.41. The maximum Gasteiger partial charge on any atom is 0.124 e. The molecule has 2 fully saturated rings. The molecule has 0 amide bonds.